The molecule has 0 bridgehead atoms. The van der Waals surface area contributed by atoms with Crippen molar-refractivity contribution in [3.63, 3.8) is 0 Å². The normalized spacial score (nSPS) is 18.6. The molecule has 1 aliphatic carbocycles. The maximum absolute atomic E-state index is 8.80. The zero-order chi connectivity index (χ0) is 9.80. The minimum Gasteiger partial charge on any atom is -0.396 e. The van der Waals surface area contributed by atoms with Crippen molar-refractivity contribution in [2.75, 3.05) is 6.61 Å². The van der Waals surface area contributed by atoms with Gasteiger partial charge in [0.25, 0.3) is 0 Å². The zero-order valence-corrected chi connectivity index (χ0v) is 8.52. The van der Waals surface area contributed by atoms with Crippen molar-refractivity contribution in [3.8, 4) is 0 Å². The van der Waals surface area contributed by atoms with Crippen molar-refractivity contribution in [1.29, 1.82) is 0 Å². The van der Waals surface area contributed by atoms with Gasteiger partial charge in [0.1, 0.15) is 0 Å². The van der Waals surface area contributed by atoms with Gasteiger partial charge in [-0.2, -0.15) is 5.10 Å². The molecular formula is C11H18N2O. The first-order valence-electron chi connectivity index (χ1n) is 5.54. The molecule has 0 atom stereocenters. The van der Waals surface area contributed by atoms with E-state index in [1.54, 1.807) is 0 Å². The van der Waals surface area contributed by atoms with Crippen LogP contribution >= 0.6 is 0 Å². The Morgan fingerprint density at radius 1 is 1.36 bits per heavy atom. The van der Waals surface area contributed by atoms with E-state index in [1.165, 1.54) is 32.1 Å². The molecule has 0 unspecified atom stereocenters. The second kappa shape index (κ2) is 4.60. The van der Waals surface area contributed by atoms with Crippen LogP contribution in [0.3, 0.4) is 0 Å². The third-order valence-corrected chi connectivity index (χ3v) is 3.00. The SMILES string of the molecule is OCCc1cnn(C2CCCCC2)c1. The second-order valence-corrected chi connectivity index (χ2v) is 4.09. The second-order valence-electron chi connectivity index (χ2n) is 4.09. The summed E-state index contributed by atoms with van der Waals surface area (Å²) in [6.07, 6.45) is 11.3. The lowest BCUT2D eigenvalue weighted by Gasteiger charge is -2.21. The molecule has 0 aromatic carbocycles. The first-order valence-corrected chi connectivity index (χ1v) is 5.54. The number of aliphatic hydroxyl groups excluding tert-OH is 1. The Balaban J connectivity index is 2.00. The molecule has 1 N–H and O–H groups in total. The monoisotopic (exact) mass is 194 g/mol. The summed E-state index contributed by atoms with van der Waals surface area (Å²) in [5, 5.41) is 13.2. The topological polar surface area (TPSA) is 38.1 Å². The molecule has 0 aliphatic heterocycles. The van der Waals surface area contributed by atoms with E-state index in [-0.39, 0.29) is 6.61 Å². The Morgan fingerprint density at radius 3 is 2.86 bits per heavy atom. The van der Waals surface area contributed by atoms with Gasteiger partial charge in [-0.25, -0.2) is 0 Å². The largest absolute Gasteiger partial charge is 0.396 e. The Bertz CT molecular complexity index is 277. The molecule has 78 valence electrons. The van der Waals surface area contributed by atoms with Crippen LogP contribution in [0.5, 0.6) is 0 Å². The minimum atomic E-state index is 0.219. The Hall–Kier alpha value is -0.830. The summed E-state index contributed by atoms with van der Waals surface area (Å²) in [4.78, 5) is 0. The highest BCUT2D eigenvalue weighted by Crippen LogP contribution is 2.27. The Labute approximate surface area is 84.7 Å². The quantitative estimate of drug-likeness (QED) is 0.798. The van der Waals surface area contributed by atoms with E-state index in [4.69, 9.17) is 5.11 Å². The summed E-state index contributed by atoms with van der Waals surface area (Å²) in [6.45, 7) is 0.219. The number of rotatable bonds is 3. The van der Waals surface area contributed by atoms with Gasteiger partial charge >= 0.3 is 0 Å². The van der Waals surface area contributed by atoms with Crippen molar-refractivity contribution in [2.45, 2.75) is 44.6 Å². The summed E-state index contributed by atoms with van der Waals surface area (Å²) in [5.41, 5.74) is 1.15. The molecule has 3 heteroatoms. The lowest BCUT2D eigenvalue weighted by Crippen LogP contribution is -2.12. The lowest BCUT2D eigenvalue weighted by atomic mass is 9.96. The lowest BCUT2D eigenvalue weighted by molar-refractivity contribution is 0.299. The van der Waals surface area contributed by atoms with Crippen LogP contribution in [0.15, 0.2) is 12.4 Å². The molecule has 1 saturated carbocycles. The fraction of sp³-hybridized carbons (Fsp3) is 0.727. The smallest absolute Gasteiger partial charge is 0.0522 e. The van der Waals surface area contributed by atoms with E-state index in [0.29, 0.717) is 6.04 Å². The van der Waals surface area contributed by atoms with E-state index in [2.05, 4.69) is 16.0 Å². The number of aliphatic hydroxyl groups is 1. The summed E-state index contributed by atoms with van der Waals surface area (Å²) in [6, 6.07) is 0.608. The van der Waals surface area contributed by atoms with Crippen LogP contribution in [0.1, 0.15) is 43.7 Å². The predicted octanol–water partition coefficient (Wildman–Crippen LogP) is 1.92. The number of aromatic nitrogens is 2. The molecule has 14 heavy (non-hydrogen) atoms. The van der Waals surface area contributed by atoms with Crippen molar-refractivity contribution < 1.29 is 5.11 Å². The van der Waals surface area contributed by atoms with Gasteiger partial charge in [-0.05, 0) is 24.8 Å². The molecule has 0 amide bonds. The Morgan fingerprint density at radius 2 is 2.14 bits per heavy atom. The minimum absolute atomic E-state index is 0.219. The predicted molar refractivity (Wildman–Crippen MR) is 55.1 cm³/mol. The summed E-state index contributed by atoms with van der Waals surface area (Å²) < 4.78 is 2.09. The van der Waals surface area contributed by atoms with Crippen molar-refractivity contribution in [2.24, 2.45) is 0 Å². The molecule has 1 aromatic heterocycles. The van der Waals surface area contributed by atoms with Gasteiger partial charge in [0, 0.05) is 12.8 Å². The van der Waals surface area contributed by atoms with Crippen LogP contribution in [0.25, 0.3) is 0 Å². The highest BCUT2D eigenvalue weighted by Gasteiger charge is 2.15. The summed E-state index contributed by atoms with van der Waals surface area (Å²) in [7, 11) is 0. The van der Waals surface area contributed by atoms with E-state index >= 15 is 0 Å². The van der Waals surface area contributed by atoms with Crippen LogP contribution < -0.4 is 0 Å². The molecule has 1 aromatic rings. The average Bonchev–Trinajstić information content (AvgIpc) is 2.68. The molecule has 1 aliphatic rings. The molecule has 0 saturated heterocycles. The van der Waals surface area contributed by atoms with Gasteiger partial charge in [0.05, 0.1) is 12.2 Å². The maximum Gasteiger partial charge on any atom is 0.0522 e. The van der Waals surface area contributed by atoms with Gasteiger partial charge < -0.3 is 5.11 Å². The van der Waals surface area contributed by atoms with E-state index in [9.17, 15) is 0 Å². The first kappa shape index (κ1) is 9.71. The van der Waals surface area contributed by atoms with E-state index < -0.39 is 0 Å². The van der Waals surface area contributed by atoms with Crippen LogP contribution in [0.2, 0.25) is 0 Å². The van der Waals surface area contributed by atoms with Gasteiger partial charge in [-0.15, -0.1) is 0 Å². The van der Waals surface area contributed by atoms with E-state index in [0.717, 1.165) is 12.0 Å². The van der Waals surface area contributed by atoms with Gasteiger partial charge in [-0.1, -0.05) is 19.3 Å². The zero-order valence-electron chi connectivity index (χ0n) is 8.52. The van der Waals surface area contributed by atoms with Crippen LogP contribution in [0, 0.1) is 0 Å². The van der Waals surface area contributed by atoms with Crippen molar-refractivity contribution in [1.82, 2.24) is 9.78 Å². The summed E-state index contributed by atoms with van der Waals surface area (Å²) in [5.74, 6) is 0. The molecular weight excluding hydrogens is 176 g/mol. The molecule has 0 spiro atoms. The molecule has 0 radical (unpaired) electrons. The number of hydrogen-bond acceptors (Lipinski definition) is 2. The van der Waals surface area contributed by atoms with Gasteiger partial charge in [0.15, 0.2) is 0 Å². The molecule has 1 heterocycles. The van der Waals surface area contributed by atoms with Crippen LogP contribution in [0.4, 0.5) is 0 Å². The van der Waals surface area contributed by atoms with Gasteiger partial charge in [-0.3, -0.25) is 4.68 Å². The fourth-order valence-electron chi connectivity index (χ4n) is 2.18. The van der Waals surface area contributed by atoms with Gasteiger partial charge in [0.2, 0.25) is 0 Å². The average molecular weight is 194 g/mol. The molecule has 3 nitrogen and oxygen atoms in total. The van der Waals surface area contributed by atoms with Crippen LogP contribution in [-0.4, -0.2) is 21.5 Å². The number of nitrogens with zero attached hydrogens (tertiary/aromatic N) is 2. The van der Waals surface area contributed by atoms with Crippen LogP contribution in [-0.2, 0) is 6.42 Å². The first-order chi connectivity index (χ1) is 6.90. The summed E-state index contributed by atoms with van der Waals surface area (Å²) >= 11 is 0. The molecule has 1 fully saturated rings. The Kier molecular flexibility index (Phi) is 3.19. The highest BCUT2D eigenvalue weighted by atomic mass is 16.2. The third-order valence-electron chi connectivity index (χ3n) is 3.00. The fourth-order valence-corrected chi connectivity index (χ4v) is 2.18. The maximum atomic E-state index is 8.80. The number of hydrogen-bond donors (Lipinski definition) is 1. The van der Waals surface area contributed by atoms with Crippen molar-refractivity contribution >= 4 is 0 Å². The molecule has 2 rings (SSSR count). The standard InChI is InChI=1S/C11H18N2O/c14-7-6-10-8-12-13(9-10)11-4-2-1-3-5-11/h8-9,11,14H,1-7H2. The van der Waals surface area contributed by atoms with E-state index in [1.807, 2.05) is 6.20 Å². The van der Waals surface area contributed by atoms with Crippen molar-refractivity contribution in [3.05, 3.63) is 18.0 Å². The third kappa shape index (κ3) is 2.15. The highest BCUT2D eigenvalue weighted by molar-refractivity contribution is 5.04.